The molecule has 0 aromatic heterocycles. The predicted molar refractivity (Wildman–Crippen MR) is 80.1 cm³/mol. The maximum Gasteiger partial charge on any atom is 0.0224 e. The van der Waals surface area contributed by atoms with Gasteiger partial charge in [0.15, 0.2) is 0 Å². The van der Waals surface area contributed by atoms with E-state index in [1.54, 1.807) is 0 Å². The smallest absolute Gasteiger partial charge is 0.0224 e. The molecule has 3 heteroatoms. The van der Waals surface area contributed by atoms with Crippen molar-refractivity contribution in [1.82, 2.24) is 15.1 Å². The SMILES string of the molecule is CCNC(CN1CCCC1CN(C)C)C(C)CC. The topological polar surface area (TPSA) is 18.5 Å². The molecule has 0 saturated carbocycles. The summed E-state index contributed by atoms with van der Waals surface area (Å²) in [6.07, 6.45) is 4.01. The van der Waals surface area contributed by atoms with E-state index >= 15 is 0 Å². The fraction of sp³-hybridized carbons (Fsp3) is 1.00. The van der Waals surface area contributed by atoms with Crippen LogP contribution in [0.5, 0.6) is 0 Å². The zero-order chi connectivity index (χ0) is 13.5. The van der Waals surface area contributed by atoms with Crippen LogP contribution in [0.2, 0.25) is 0 Å². The molecule has 3 unspecified atom stereocenters. The molecule has 1 aliphatic rings. The molecular weight excluding hydrogens is 222 g/mol. The van der Waals surface area contributed by atoms with E-state index in [0.717, 1.165) is 18.5 Å². The second kappa shape index (κ2) is 8.13. The maximum absolute atomic E-state index is 3.68. The molecule has 0 spiro atoms. The second-order valence-corrected chi connectivity index (χ2v) is 6.10. The molecule has 3 nitrogen and oxygen atoms in total. The van der Waals surface area contributed by atoms with Crippen molar-refractivity contribution in [3.8, 4) is 0 Å². The fourth-order valence-electron chi connectivity index (χ4n) is 3.01. The summed E-state index contributed by atoms with van der Waals surface area (Å²) in [7, 11) is 4.37. The Kier molecular flexibility index (Phi) is 7.20. The number of rotatable bonds is 8. The molecule has 18 heavy (non-hydrogen) atoms. The van der Waals surface area contributed by atoms with Crippen molar-refractivity contribution in [2.24, 2.45) is 5.92 Å². The van der Waals surface area contributed by atoms with Gasteiger partial charge in [-0.05, 0) is 45.9 Å². The fourth-order valence-corrected chi connectivity index (χ4v) is 3.01. The largest absolute Gasteiger partial charge is 0.313 e. The molecule has 1 heterocycles. The van der Waals surface area contributed by atoms with Gasteiger partial charge in [0.05, 0.1) is 0 Å². The van der Waals surface area contributed by atoms with Crippen LogP contribution in [0.3, 0.4) is 0 Å². The third-order valence-corrected chi connectivity index (χ3v) is 4.30. The van der Waals surface area contributed by atoms with Crippen LogP contribution in [0.25, 0.3) is 0 Å². The van der Waals surface area contributed by atoms with Gasteiger partial charge < -0.3 is 10.2 Å². The maximum atomic E-state index is 3.68. The molecule has 0 aliphatic carbocycles. The third-order valence-electron chi connectivity index (χ3n) is 4.30. The summed E-state index contributed by atoms with van der Waals surface area (Å²) in [6, 6.07) is 1.42. The number of nitrogens with zero attached hydrogens (tertiary/aromatic N) is 2. The lowest BCUT2D eigenvalue weighted by atomic mass is 9.98. The zero-order valence-electron chi connectivity index (χ0n) is 13.1. The van der Waals surface area contributed by atoms with Gasteiger partial charge in [0.2, 0.25) is 0 Å². The van der Waals surface area contributed by atoms with Crippen molar-refractivity contribution >= 4 is 0 Å². The summed E-state index contributed by atoms with van der Waals surface area (Å²) >= 11 is 0. The molecule has 0 amide bonds. The van der Waals surface area contributed by atoms with Crippen molar-refractivity contribution in [1.29, 1.82) is 0 Å². The predicted octanol–water partition coefficient (Wildman–Crippen LogP) is 2.04. The molecule has 0 aromatic carbocycles. The highest BCUT2D eigenvalue weighted by Gasteiger charge is 2.28. The molecule has 0 bridgehead atoms. The van der Waals surface area contributed by atoms with Gasteiger partial charge in [-0.1, -0.05) is 27.2 Å². The number of likely N-dealkylation sites (tertiary alicyclic amines) is 1. The zero-order valence-corrected chi connectivity index (χ0v) is 13.1. The Hall–Kier alpha value is -0.120. The molecule has 108 valence electrons. The van der Waals surface area contributed by atoms with Gasteiger partial charge in [0.25, 0.3) is 0 Å². The van der Waals surface area contributed by atoms with Crippen LogP contribution in [0.1, 0.15) is 40.0 Å². The summed E-state index contributed by atoms with van der Waals surface area (Å²) in [5, 5.41) is 3.68. The van der Waals surface area contributed by atoms with Gasteiger partial charge in [0, 0.05) is 25.2 Å². The Morgan fingerprint density at radius 1 is 1.33 bits per heavy atom. The first-order chi connectivity index (χ1) is 8.58. The summed E-state index contributed by atoms with van der Waals surface area (Å²) in [5.41, 5.74) is 0. The number of nitrogens with one attached hydrogen (secondary N) is 1. The van der Waals surface area contributed by atoms with Gasteiger partial charge in [-0.3, -0.25) is 4.90 Å². The van der Waals surface area contributed by atoms with E-state index in [4.69, 9.17) is 0 Å². The molecular formula is C15H33N3. The van der Waals surface area contributed by atoms with Crippen molar-refractivity contribution in [2.75, 3.05) is 40.3 Å². The average Bonchev–Trinajstić information content (AvgIpc) is 2.74. The number of hydrogen-bond acceptors (Lipinski definition) is 3. The quantitative estimate of drug-likeness (QED) is 0.716. The lowest BCUT2D eigenvalue weighted by molar-refractivity contribution is 0.172. The minimum Gasteiger partial charge on any atom is -0.313 e. The van der Waals surface area contributed by atoms with Crippen LogP contribution in [-0.2, 0) is 0 Å². The minimum absolute atomic E-state index is 0.655. The Labute approximate surface area is 114 Å². The van der Waals surface area contributed by atoms with Crippen LogP contribution < -0.4 is 5.32 Å². The van der Waals surface area contributed by atoms with Gasteiger partial charge in [-0.15, -0.1) is 0 Å². The van der Waals surface area contributed by atoms with Crippen LogP contribution in [-0.4, -0.2) is 62.2 Å². The second-order valence-electron chi connectivity index (χ2n) is 6.10. The van der Waals surface area contributed by atoms with Gasteiger partial charge in [-0.2, -0.15) is 0 Å². The van der Waals surface area contributed by atoms with E-state index < -0.39 is 0 Å². The van der Waals surface area contributed by atoms with Crippen LogP contribution in [0.15, 0.2) is 0 Å². The molecule has 0 aromatic rings. The van der Waals surface area contributed by atoms with Gasteiger partial charge in [0.1, 0.15) is 0 Å². The highest BCUT2D eigenvalue weighted by Crippen LogP contribution is 2.20. The van der Waals surface area contributed by atoms with Crippen molar-refractivity contribution in [2.45, 2.75) is 52.1 Å². The van der Waals surface area contributed by atoms with Crippen LogP contribution in [0.4, 0.5) is 0 Å². The normalized spacial score (nSPS) is 24.7. The Morgan fingerprint density at radius 3 is 2.61 bits per heavy atom. The first-order valence-electron chi connectivity index (χ1n) is 7.70. The Bertz CT molecular complexity index is 218. The number of hydrogen-bond donors (Lipinski definition) is 1. The lowest BCUT2D eigenvalue weighted by Gasteiger charge is -2.33. The molecule has 1 aliphatic heterocycles. The summed E-state index contributed by atoms with van der Waals surface area (Å²) in [4.78, 5) is 5.04. The van der Waals surface area contributed by atoms with Crippen molar-refractivity contribution in [3.05, 3.63) is 0 Å². The monoisotopic (exact) mass is 255 g/mol. The van der Waals surface area contributed by atoms with E-state index in [2.05, 4.69) is 50.0 Å². The Morgan fingerprint density at radius 2 is 2.06 bits per heavy atom. The molecule has 1 saturated heterocycles. The van der Waals surface area contributed by atoms with E-state index in [-0.39, 0.29) is 0 Å². The lowest BCUT2D eigenvalue weighted by Crippen LogP contribution is -2.48. The molecule has 0 radical (unpaired) electrons. The summed E-state index contributed by atoms with van der Waals surface area (Å²) < 4.78 is 0. The molecule has 3 atom stereocenters. The van der Waals surface area contributed by atoms with Gasteiger partial charge in [-0.25, -0.2) is 0 Å². The van der Waals surface area contributed by atoms with E-state index in [1.165, 1.54) is 38.9 Å². The first-order valence-corrected chi connectivity index (χ1v) is 7.70. The van der Waals surface area contributed by atoms with E-state index in [0.29, 0.717) is 6.04 Å². The van der Waals surface area contributed by atoms with E-state index in [1.807, 2.05) is 0 Å². The third kappa shape index (κ3) is 4.87. The summed E-state index contributed by atoms with van der Waals surface area (Å²) in [5.74, 6) is 0.769. The average molecular weight is 255 g/mol. The van der Waals surface area contributed by atoms with E-state index in [9.17, 15) is 0 Å². The Balaban J connectivity index is 2.50. The van der Waals surface area contributed by atoms with Gasteiger partial charge >= 0.3 is 0 Å². The standard InChI is InChI=1S/C15H33N3/c1-6-13(3)15(16-7-2)12-18-10-8-9-14(18)11-17(4)5/h13-16H,6-12H2,1-5H3. The minimum atomic E-state index is 0.655. The van der Waals surface area contributed by atoms with Crippen LogP contribution >= 0.6 is 0 Å². The number of likely N-dealkylation sites (N-methyl/N-ethyl adjacent to an activating group) is 2. The molecule has 1 fully saturated rings. The van der Waals surface area contributed by atoms with Crippen molar-refractivity contribution in [3.63, 3.8) is 0 Å². The molecule has 1 N–H and O–H groups in total. The van der Waals surface area contributed by atoms with Crippen LogP contribution in [0, 0.1) is 5.92 Å². The highest BCUT2D eigenvalue weighted by atomic mass is 15.2. The summed E-state index contributed by atoms with van der Waals surface area (Å²) in [6.45, 7) is 11.7. The molecule has 1 rings (SSSR count). The van der Waals surface area contributed by atoms with Crippen molar-refractivity contribution < 1.29 is 0 Å². The first kappa shape index (κ1) is 15.9. The highest BCUT2D eigenvalue weighted by molar-refractivity contribution is 4.85.